The highest BCUT2D eigenvalue weighted by Crippen LogP contribution is 2.42. The highest BCUT2D eigenvalue weighted by atomic mass is 16.3. The van der Waals surface area contributed by atoms with Crippen molar-refractivity contribution in [2.45, 2.75) is 0 Å². The molecule has 6 nitrogen and oxygen atoms in total. The van der Waals surface area contributed by atoms with Crippen LogP contribution < -0.4 is 0 Å². The van der Waals surface area contributed by atoms with Gasteiger partial charge in [-0.1, -0.05) is 115 Å². The van der Waals surface area contributed by atoms with E-state index in [1.807, 2.05) is 72.8 Å². The van der Waals surface area contributed by atoms with E-state index in [1.54, 1.807) is 0 Å². The number of para-hydroxylation sites is 3. The number of benzene rings is 7. The number of aromatic nitrogens is 5. The third-order valence-electron chi connectivity index (χ3n) is 9.98. The van der Waals surface area contributed by atoms with Crippen LogP contribution in [-0.4, -0.2) is 24.1 Å². The van der Waals surface area contributed by atoms with Gasteiger partial charge in [-0.3, -0.25) is 4.57 Å². The molecule has 0 atom stereocenters. The van der Waals surface area contributed by atoms with Crippen molar-refractivity contribution in [3.8, 4) is 34.4 Å². The molecule has 0 aliphatic heterocycles. The van der Waals surface area contributed by atoms with Crippen LogP contribution in [0.1, 0.15) is 0 Å². The fourth-order valence-electron chi connectivity index (χ4n) is 7.76. The van der Waals surface area contributed by atoms with Gasteiger partial charge in [-0.15, -0.1) is 0 Å². The first kappa shape index (κ1) is 27.9. The van der Waals surface area contributed by atoms with Crippen LogP contribution in [0.4, 0.5) is 0 Å². The lowest BCUT2D eigenvalue weighted by molar-refractivity contribution is 0.668. The molecule has 0 aliphatic carbocycles. The fraction of sp³-hybridized carbons (Fsp3) is 0. The molecule has 0 N–H and O–H groups in total. The van der Waals surface area contributed by atoms with E-state index in [-0.39, 0.29) is 0 Å². The number of hydrogen-bond acceptors (Lipinski definition) is 4. The Morgan fingerprint density at radius 3 is 1.53 bits per heavy atom. The van der Waals surface area contributed by atoms with E-state index in [0.29, 0.717) is 17.6 Å². The summed E-state index contributed by atoms with van der Waals surface area (Å²) in [5.41, 5.74) is 9.00. The van der Waals surface area contributed by atoms with Crippen molar-refractivity contribution in [1.82, 2.24) is 24.1 Å². The van der Waals surface area contributed by atoms with Crippen molar-refractivity contribution in [2.75, 3.05) is 0 Å². The molecule has 238 valence electrons. The van der Waals surface area contributed by atoms with Crippen molar-refractivity contribution in [3.63, 3.8) is 0 Å². The number of nitrogens with zero attached hydrogens (tertiary/aromatic N) is 5. The van der Waals surface area contributed by atoms with Crippen LogP contribution in [0, 0.1) is 0 Å². The molecular formula is C45H27N5O. The molecule has 0 saturated carbocycles. The maximum Gasteiger partial charge on any atom is 0.238 e. The normalized spacial score (nSPS) is 11.9. The topological polar surface area (TPSA) is 61.7 Å². The van der Waals surface area contributed by atoms with Gasteiger partial charge < -0.3 is 8.98 Å². The van der Waals surface area contributed by atoms with Crippen LogP contribution in [0.15, 0.2) is 168 Å². The van der Waals surface area contributed by atoms with Crippen molar-refractivity contribution >= 4 is 65.6 Å². The van der Waals surface area contributed by atoms with Crippen molar-refractivity contribution in [2.24, 2.45) is 0 Å². The van der Waals surface area contributed by atoms with Crippen LogP contribution in [0.3, 0.4) is 0 Å². The average Bonchev–Trinajstić information content (AvgIpc) is 3.85. The van der Waals surface area contributed by atoms with Crippen molar-refractivity contribution in [1.29, 1.82) is 0 Å². The molecule has 4 aromatic heterocycles. The Kier molecular flexibility index (Phi) is 5.86. The smallest absolute Gasteiger partial charge is 0.238 e. The fourth-order valence-corrected chi connectivity index (χ4v) is 7.76. The van der Waals surface area contributed by atoms with Gasteiger partial charge in [-0.25, -0.2) is 4.98 Å². The standard InChI is InChI=1S/C45H27N5O/c1-3-13-28(14-4-1)43-46-44(29-15-5-2-6-16-29)48-45(47-43)50-36-21-11-8-19-34(36)42-38(50)26-25-37-41(42)33-18-7-10-20-35(33)49(37)30-23-24-32-31-17-9-12-22-39(31)51-40(32)27-30/h1-27H. The second-order valence-corrected chi connectivity index (χ2v) is 12.9. The molecule has 7 aromatic carbocycles. The molecule has 0 radical (unpaired) electrons. The Balaban J connectivity index is 1.22. The van der Waals surface area contributed by atoms with E-state index in [2.05, 4.69) is 100 Å². The predicted octanol–water partition coefficient (Wildman–Crippen LogP) is 11.3. The maximum absolute atomic E-state index is 6.34. The van der Waals surface area contributed by atoms with E-state index in [0.717, 1.165) is 71.6 Å². The molecule has 11 rings (SSSR count). The van der Waals surface area contributed by atoms with Gasteiger partial charge in [0, 0.05) is 55.2 Å². The third-order valence-corrected chi connectivity index (χ3v) is 9.98. The van der Waals surface area contributed by atoms with Gasteiger partial charge in [0.05, 0.1) is 22.1 Å². The van der Waals surface area contributed by atoms with Gasteiger partial charge in [-0.2, -0.15) is 9.97 Å². The first-order chi connectivity index (χ1) is 25.3. The lowest BCUT2D eigenvalue weighted by atomic mass is 10.1. The van der Waals surface area contributed by atoms with Gasteiger partial charge in [0.25, 0.3) is 0 Å². The highest BCUT2D eigenvalue weighted by Gasteiger charge is 2.23. The second kappa shape index (κ2) is 10.7. The van der Waals surface area contributed by atoms with E-state index in [4.69, 9.17) is 19.4 Å². The summed E-state index contributed by atoms with van der Waals surface area (Å²) in [5, 5.41) is 6.89. The molecule has 0 saturated heterocycles. The molecule has 6 heteroatoms. The van der Waals surface area contributed by atoms with Gasteiger partial charge in [0.2, 0.25) is 5.95 Å². The summed E-state index contributed by atoms with van der Waals surface area (Å²) < 4.78 is 10.9. The molecule has 4 heterocycles. The molecule has 0 spiro atoms. The number of rotatable bonds is 4. The first-order valence-electron chi connectivity index (χ1n) is 17.0. The van der Waals surface area contributed by atoms with Crippen LogP contribution >= 0.6 is 0 Å². The third kappa shape index (κ3) is 4.14. The average molecular weight is 654 g/mol. The van der Waals surface area contributed by atoms with Crippen LogP contribution in [-0.2, 0) is 0 Å². The molecular weight excluding hydrogens is 627 g/mol. The largest absolute Gasteiger partial charge is 0.456 e. The summed E-state index contributed by atoms with van der Waals surface area (Å²) >= 11 is 0. The van der Waals surface area contributed by atoms with E-state index in [1.165, 1.54) is 10.8 Å². The number of fused-ring (bicyclic) bond motifs is 10. The quantitative estimate of drug-likeness (QED) is 0.190. The molecule has 0 aliphatic rings. The summed E-state index contributed by atoms with van der Waals surface area (Å²) in [5.74, 6) is 1.83. The minimum Gasteiger partial charge on any atom is -0.456 e. The van der Waals surface area contributed by atoms with Crippen LogP contribution in [0.5, 0.6) is 0 Å². The van der Waals surface area contributed by atoms with E-state index >= 15 is 0 Å². The Labute approximate surface area is 291 Å². The zero-order valence-corrected chi connectivity index (χ0v) is 27.2. The zero-order chi connectivity index (χ0) is 33.5. The Hall–Kier alpha value is -7.05. The number of hydrogen-bond donors (Lipinski definition) is 0. The summed E-state index contributed by atoms with van der Waals surface area (Å²) in [6.45, 7) is 0. The summed E-state index contributed by atoms with van der Waals surface area (Å²) in [6.07, 6.45) is 0. The lowest BCUT2D eigenvalue weighted by Gasteiger charge is -2.11. The van der Waals surface area contributed by atoms with Gasteiger partial charge >= 0.3 is 0 Å². The van der Waals surface area contributed by atoms with Gasteiger partial charge in [-0.05, 0) is 42.5 Å². The predicted molar refractivity (Wildman–Crippen MR) is 207 cm³/mol. The van der Waals surface area contributed by atoms with Crippen LogP contribution in [0.25, 0.3) is 100.0 Å². The van der Waals surface area contributed by atoms with Crippen LogP contribution in [0.2, 0.25) is 0 Å². The molecule has 11 aromatic rings. The molecule has 0 amide bonds. The van der Waals surface area contributed by atoms with Gasteiger partial charge in [0.15, 0.2) is 11.6 Å². The Morgan fingerprint density at radius 2 is 0.882 bits per heavy atom. The first-order valence-corrected chi connectivity index (χ1v) is 17.0. The minimum absolute atomic E-state index is 0.576. The molecule has 0 fully saturated rings. The minimum atomic E-state index is 0.576. The van der Waals surface area contributed by atoms with Crippen molar-refractivity contribution < 1.29 is 4.42 Å². The maximum atomic E-state index is 6.34. The SMILES string of the molecule is c1ccc(-c2nc(-c3ccccc3)nc(-n3c4ccccc4c4c5c6ccccc6n(-c6ccc7c(c6)oc6ccccc67)c5ccc43)n2)cc1. The molecule has 51 heavy (non-hydrogen) atoms. The monoisotopic (exact) mass is 653 g/mol. The number of furan rings is 1. The van der Waals surface area contributed by atoms with E-state index < -0.39 is 0 Å². The second-order valence-electron chi connectivity index (χ2n) is 12.9. The summed E-state index contributed by atoms with van der Waals surface area (Å²) in [6, 6.07) is 56.6. The zero-order valence-electron chi connectivity index (χ0n) is 27.2. The van der Waals surface area contributed by atoms with E-state index in [9.17, 15) is 0 Å². The lowest BCUT2D eigenvalue weighted by Crippen LogP contribution is -2.06. The van der Waals surface area contributed by atoms with Crippen molar-refractivity contribution in [3.05, 3.63) is 164 Å². The van der Waals surface area contributed by atoms with Gasteiger partial charge in [0.1, 0.15) is 11.2 Å². The highest BCUT2D eigenvalue weighted by molar-refractivity contribution is 6.28. The molecule has 0 bridgehead atoms. The summed E-state index contributed by atoms with van der Waals surface area (Å²) in [4.78, 5) is 15.2. The summed E-state index contributed by atoms with van der Waals surface area (Å²) in [7, 11) is 0. The Morgan fingerprint density at radius 1 is 0.373 bits per heavy atom. The Bertz CT molecular complexity index is 3080. The molecule has 0 unspecified atom stereocenters.